The van der Waals surface area contributed by atoms with Gasteiger partial charge in [-0.25, -0.2) is 4.39 Å². The molecule has 1 N–H and O–H groups in total. The van der Waals surface area contributed by atoms with Gasteiger partial charge in [-0.1, -0.05) is 11.7 Å². The van der Waals surface area contributed by atoms with E-state index in [1.165, 1.54) is 13.2 Å². The quantitative estimate of drug-likeness (QED) is 0.223. The Balaban J connectivity index is 4.22. The summed E-state index contributed by atoms with van der Waals surface area (Å²) in [6.07, 6.45) is 2.68. The van der Waals surface area contributed by atoms with Crippen molar-refractivity contribution in [1.29, 1.82) is 0 Å². The lowest BCUT2D eigenvalue weighted by atomic mass is 10.4. The van der Waals surface area contributed by atoms with Crippen molar-refractivity contribution in [2.75, 3.05) is 7.11 Å². The first-order valence-electron chi connectivity index (χ1n) is 3.04. The molecule has 1 amide bonds. The Labute approximate surface area is 69.4 Å². The molecule has 0 saturated heterocycles. The van der Waals surface area contributed by atoms with Crippen molar-refractivity contribution in [3.05, 3.63) is 24.6 Å². The summed E-state index contributed by atoms with van der Waals surface area (Å²) in [7, 11) is 1.31. The van der Waals surface area contributed by atoms with Gasteiger partial charge in [-0.05, 0) is 12.2 Å². The highest BCUT2D eigenvalue weighted by Gasteiger charge is 1.91. The monoisotopic (exact) mass is 172 g/mol. The van der Waals surface area contributed by atoms with E-state index in [2.05, 4.69) is 21.9 Å². The maximum atomic E-state index is 12.0. The van der Waals surface area contributed by atoms with Crippen LogP contribution in [0.15, 0.2) is 29.7 Å². The number of oxime groups is 1. The number of hydrogen-bond acceptors (Lipinski definition) is 3. The molecule has 0 unspecified atom stereocenters. The van der Waals surface area contributed by atoms with Gasteiger partial charge in [0.15, 0.2) is 5.84 Å². The molecule has 0 aromatic carbocycles. The maximum Gasteiger partial charge on any atom is 0.212 e. The Morgan fingerprint density at radius 1 is 1.67 bits per heavy atom. The standard InChI is InChI=1S/C7H9FN2O2/c1-6(8)3-4-7(9-5-11)10-12-2/h3-5H,1H2,2H3,(H,9,10,11)/b4-3-. The van der Waals surface area contributed by atoms with Crippen molar-refractivity contribution in [2.45, 2.75) is 0 Å². The number of halogens is 1. The van der Waals surface area contributed by atoms with Crippen LogP contribution >= 0.6 is 0 Å². The number of carbonyl (C=O) groups is 1. The van der Waals surface area contributed by atoms with Gasteiger partial charge in [0.05, 0.1) is 0 Å². The van der Waals surface area contributed by atoms with Crippen molar-refractivity contribution in [3.63, 3.8) is 0 Å². The molecule has 0 atom stereocenters. The topological polar surface area (TPSA) is 50.7 Å². The third-order valence-electron chi connectivity index (χ3n) is 0.818. The number of carbonyl (C=O) groups excluding carboxylic acids is 1. The summed E-state index contributed by atoms with van der Waals surface area (Å²) in [5, 5.41) is 5.55. The molecule has 0 bridgehead atoms. The summed E-state index contributed by atoms with van der Waals surface area (Å²) in [5.74, 6) is -0.530. The molecule has 66 valence electrons. The average Bonchev–Trinajstić information content (AvgIpc) is 2.01. The Morgan fingerprint density at radius 2 is 2.33 bits per heavy atom. The predicted molar refractivity (Wildman–Crippen MR) is 43.0 cm³/mol. The molecular formula is C7H9FN2O2. The Bertz CT molecular complexity index is 223. The first-order chi connectivity index (χ1) is 5.70. The minimum absolute atomic E-state index is 0.103. The van der Waals surface area contributed by atoms with E-state index in [-0.39, 0.29) is 5.84 Å². The zero-order chi connectivity index (χ0) is 9.40. The van der Waals surface area contributed by atoms with Crippen LogP contribution in [0.2, 0.25) is 0 Å². The molecule has 0 heterocycles. The van der Waals surface area contributed by atoms with Gasteiger partial charge < -0.3 is 10.2 Å². The van der Waals surface area contributed by atoms with E-state index < -0.39 is 5.83 Å². The van der Waals surface area contributed by atoms with Crippen molar-refractivity contribution in [1.82, 2.24) is 5.32 Å². The maximum absolute atomic E-state index is 12.0. The van der Waals surface area contributed by atoms with E-state index in [1.54, 1.807) is 0 Å². The predicted octanol–water partition coefficient (Wildman–Crippen LogP) is 0.732. The third-order valence-corrected chi connectivity index (χ3v) is 0.818. The summed E-state index contributed by atoms with van der Waals surface area (Å²) in [4.78, 5) is 14.3. The summed E-state index contributed by atoms with van der Waals surface area (Å²) in [6.45, 7) is 2.98. The highest BCUT2D eigenvalue weighted by Crippen LogP contribution is 1.92. The van der Waals surface area contributed by atoms with Gasteiger partial charge in [0.2, 0.25) is 6.41 Å². The molecule has 0 spiro atoms. The van der Waals surface area contributed by atoms with Crippen molar-refractivity contribution >= 4 is 12.2 Å². The second-order valence-electron chi connectivity index (χ2n) is 1.70. The third kappa shape index (κ3) is 5.16. The molecular weight excluding hydrogens is 163 g/mol. The molecule has 0 aromatic heterocycles. The first-order valence-corrected chi connectivity index (χ1v) is 3.04. The van der Waals surface area contributed by atoms with E-state index >= 15 is 0 Å². The molecule has 0 saturated carbocycles. The summed E-state index contributed by atoms with van der Waals surface area (Å²) < 4.78 is 12.0. The van der Waals surface area contributed by atoms with Gasteiger partial charge in [-0.3, -0.25) is 4.79 Å². The minimum atomic E-state index is -0.633. The second-order valence-corrected chi connectivity index (χ2v) is 1.70. The van der Waals surface area contributed by atoms with E-state index in [0.717, 1.165) is 6.08 Å². The lowest BCUT2D eigenvalue weighted by molar-refractivity contribution is -0.108. The molecule has 0 rings (SSSR count). The summed E-state index contributed by atoms with van der Waals surface area (Å²) in [5.41, 5.74) is 0. The largest absolute Gasteiger partial charge is 0.397 e. The number of allylic oxidation sites excluding steroid dienone is 2. The molecule has 0 aromatic rings. The fraction of sp³-hybridized carbons (Fsp3) is 0.143. The van der Waals surface area contributed by atoms with Crippen LogP contribution in [0.5, 0.6) is 0 Å². The van der Waals surface area contributed by atoms with E-state index in [9.17, 15) is 9.18 Å². The SMILES string of the molecule is C=C(F)/C=C\C(=N\OC)NC=O. The summed E-state index contributed by atoms with van der Waals surface area (Å²) in [6, 6.07) is 0. The van der Waals surface area contributed by atoms with E-state index in [0.29, 0.717) is 6.41 Å². The van der Waals surface area contributed by atoms with E-state index in [4.69, 9.17) is 0 Å². The Hall–Kier alpha value is -1.65. The fourth-order valence-electron chi connectivity index (χ4n) is 0.433. The molecule has 0 radical (unpaired) electrons. The summed E-state index contributed by atoms with van der Waals surface area (Å²) >= 11 is 0. The van der Waals surface area contributed by atoms with Gasteiger partial charge in [-0.15, -0.1) is 0 Å². The van der Waals surface area contributed by atoms with Crippen LogP contribution in [-0.4, -0.2) is 19.4 Å². The zero-order valence-corrected chi connectivity index (χ0v) is 6.58. The normalized spacial score (nSPS) is 11.3. The van der Waals surface area contributed by atoms with Crippen LogP contribution in [0, 0.1) is 0 Å². The number of nitrogens with one attached hydrogen (secondary N) is 1. The van der Waals surface area contributed by atoms with Crippen LogP contribution in [0.25, 0.3) is 0 Å². The van der Waals surface area contributed by atoms with Gasteiger partial charge in [-0.2, -0.15) is 0 Å². The molecule has 4 nitrogen and oxygen atoms in total. The van der Waals surface area contributed by atoms with Gasteiger partial charge in [0.25, 0.3) is 0 Å². The molecule has 0 fully saturated rings. The Kier molecular flexibility index (Phi) is 5.25. The van der Waals surface area contributed by atoms with Crippen molar-refractivity contribution in [2.24, 2.45) is 5.16 Å². The van der Waals surface area contributed by atoms with Gasteiger partial charge >= 0.3 is 0 Å². The molecule has 0 aliphatic heterocycles. The average molecular weight is 172 g/mol. The highest BCUT2D eigenvalue weighted by atomic mass is 19.1. The highest BCUT2D eigenvalue weighted by molar-refractivity contribution is 5.98. The Morgan fingerprint density at radius 3 is 2.75 bits per heavy atom. The van der Waals surface area contributed by atoms with Crippen molar-refractivity contribution < 1.29 is 14.0 Å². The first kappa shape index (κ1) is 10.3. The van der Waals surface area contributed by atoms with Crippen LogP contribution < -0.4 is 5.32 Å². The fourth-order valence-corrected chi connectivity index (χ4v) is 0.433. The number of hydrogen-bond donors (Lipinski definition) is 1. The van der Waals surface area contributed by atoms with Gasteiger partial charge in [0.1, 0.15) is 12.9 Å². The number of amidine groups is 1. The van der Waals surface area contributed by atoms with Crippen LogP contribution in [-0.2, 0) is 9.63 Å². The van der Waals surface area contributed by atoms with E-state index in [1.807, 2.05) is 0 Å². The molecule has 12 heavy (non-hydrogen) atoms. The van der Waals surface area contributed by atoms with Crippen LogP contribution in [0.4, 0.5) is 4.39 Å². The van der Waals surface area contributed by atoms with Crippen LogP contribution in [0.1, 0.15) is 0 Å². The molecule has 5 heteroatoms. The zero-order valence-electron chi connectivity index (χ0n) is 6.58. The molecule has 0 aliphatic rings. The van der Waals surface area contributed by atoms with Crippen LogP contribution in [0.3, 0.4) is 0 Å². The lowest BCUT2D eigenvalue weighted by Crippen LogP contribution is -2.19. The number of nitrogens with zero attached hydrogens (tertiary/aromatic N) is 1. The number of amides is 1. The smallest absolute Gasteiger partial charge is 0.212 e. The molecule has 0 aliphatic carbocycles. The van der Waals surface area contributed by atoms with Gasteiger partial charge in [0, 0.05) is 0 Å². The number of rotatable bonds is 4. The lowest BCUT2D eigenvalue weighted by Gasteiger charge is -1.95. The second kappa shape index (κ2) is 6.09. The minimum Gasteiger partial charge on any atom is -0.397 e. The van der Waals surface area contributed by atoms with Crippen molar-refractivity contribution in [3.8, 4) is 0 Å².